The van der Waals surface area contributed by atoms with Crippen LogP contribution in [0.25, 0.3) is 0 Å². The number of nitrogens with one attached hydrogen (secondary N) is 1. The molecule has 0 aromatic rings. The number of carbonyl (C=O) groups is 3. The van der Waals surface area contributed by atoms with Gasteiger partial charge in [0.1, 0.15) is 0 Å². The quantitative estimate of drug-likeness (QED) is 0.754. The Bertz CT molecular complexity index is 371. The first-order valence-corrected chi connectivity index (χ1v) is 6.86. The summed E-state index contributed by atoms with van der Waals surface area (Å²) in [6, 6.07) is 0.0737. The van der Waals surface area contributed by atoms with Crippen LogP contribution in [0, 0.1) is 5.92 Å². The molecule has 106 valence electrons. The van der Waals surface area contributed by atoms with Gasteiger partial charge >= 0.3 is 5.97 Å². The van der Waals surface area contributed by atoms with Crippen LogP contribution in [-0.2, 0) is 14.4 Å². The third-order valence-corrected chi connectivity index (χ3v) is 3.66. The molecule has 6 heteroatoms. The lowest BCUT2D eigenvalue weighted by atomic mass is 10.0. The first-order chi connectivity index (χ1) is 9.06. The van der Waals surface area contributed by atoms with Gasteiger partial charge in [0.05, 0.1) is 6.42 Å². The summed E-state index contributed by atoms with van der Waals surface area (Å²) in [5.41, 5.74) is 0. The largest absolute Gasteiger partial charge is 0.481 e. The molecule has 0 unspecified atom stereocenters. The van der Waals surface area contributed by atoms with E-state index >= 15 is 0 Å². The van der Waals surface area contributed by atoms with Gasteiger partial charge in [-0.25, -0.2) is 0 Å². The highest BCUT2D eigenvalue weighted by molar-refractivity contribution is 5.82. The maximum Gasteiger partial charge on any atom is 0.303 e. The number of piperidine rings is 1. The molecule has 1 aliphatic carbocycles. The first-order valence-electron chi connectivity index (χ1n) is 6.86. The van der Waals surface area contributed by atoms with Gasteiger partial charge in [0.15, 0.2) is 0 Å². The molecule has 0 atom stereocenters. The van der Waals surface area contributed by atoms with Crippen LogP contribution in [0.1, 0.15) is 38.5 Å². The maximum atomic E-state index is 11.8. The predicted molar refractivity (Wildman–Crippen MR) is 67.3 cm³/mol. The van der Waals surface area contributed by atoms with Crippen molar-refractivity contribution in [1.82, 2.24) is 10.2 Å². The molecule has 2 N–H and O–H groups in total. The van der Waals surface area contributed by atoms with Crippen LogP contribution in [0.15, 0.2) is 0 Å². The number of likely N-dealkylation sites (tertiary alicyclic amines) is 1. The molecule has 0 aromatic heterocycles. The van der Waals surface area contributed by atoms with Crippen molar-refractivity contribution in [3.8, 4) is 0 Å². The number of hydrogen-bond donors (Lipinski definition) is 2. The summed E-state index contributed by atoms with van der Waals surface area (Å²) in [6.07, 6.45) is 3.45. The third-order valence-electron chi connectivity index (χ3n) is 3.66. The Morgan fingerprint density at radius 1 is 1.05 bits per heavy atom. The Morgan fingerprint density at radius 2 is 1.68 bits per heavy atom. The van der Waals surface area contributed by atoms with Crippen molar-refractivity contribution in [2.24, 2.45) is 5.92 Å². The molecule has 2 fully saturated rings. The minimum Gasteiger partial charge on any atom is -0.481 e. The zero-order valence-corrected chi connectivity index (χ0v) is 10.9. The molecular formula is C13H20N2O4. The van der Waals surface area contributed by atoms with E-state index in [2.05, 4.69) is 5.32 Å². The van der Waals surface area contributed by atoms with E-state index in [-0.39, 0.29) is 36.6 Å². The molecule has 0 spiro atoms. The van der Waals surface area contributed by atoms with Crippen LogP contribution in [0.2, 0.25) is 0 Å². The van der Waals surface area contributed by atoms with Crippen molar-refractivity contribution in [1.29, 1.82) is 0 Å². The van der Waals surface area contributed by atoms with Gasteiger partial charge in [-0.1, -0.05) is 0 Å². The Hall–Kier alpha value is -1.59. The smallest absolute Gasteiger partial charge is 0.303 e. The Morgan fingerprint density at radius 3 is 2.21 bits per heavy atom. The second kappa shape index (κ2) is 6.04. The Kier molecular flexibility index (Phi) is 4.39. The zero-order chi connectivity index (χ0) is 13.8. The standard InChI is InChI=1S/C13H20N2O4/c16-11(3-4-12(17)18)14-10-5-7-15(8-6-10)13(19)9-1-2-9/h9-10H,1-8H2,(H,14,16)(H,17,18). The number of nitrogens with zero attached hydrogens (tertiary/aromatic N) is 1. The number of carboxylic acid groups (broad SMARTS) is 1. The van der Waals surface area contributed by atoms with E-state index < -0.39 is 5.97 Å². The van der Waals surface area contributed by atoms with Crippen molar-refractivity contribution in [3.63, 3.8) is 0 Å². The SMILES string of the molecule is O=C(O)CCC(=O)NC1CCN(C(=O)C2CC2)CC1. The summed E-state index contributed by atoms with van der Waals surface area (Å²) < 4.78 is 0. The number of carbonyl (C=O) groups excluding carboxylic acids is 2. The van der Waals surface area contributed by atoms with E-state index in [0.717, 1.165) is 25.7 Å². The topological polar surface area (TPSA) is 86.7 Å². The number of rotatable bonds is 5. The van der Waals surface area contributed by atoms with Crippen LogP contribution in [0.4, 0.5) is 0 Å². The maximum absolute atomic E-state index is 11.8. The summed E-state index contributed by atoms with van der Waals surface area (Å²) >= 11 is 0. The monoisotopic (exact) mass is 268 g/mol. The summed E-state index contributed by atoms with van der Waals surface area (Å²) in [5, 5.41) is 11.3. The molecule has 0 radical (unpaired) electrons. The number of hydrogen-bond acceptors (Lipinski definition) is 3. The molecule has 1 saturated heterocycles. The summed E-state index contributed by atoms with van der Waals surface area (Å²) in [4.78, 5) is 35.6. The molecular weight excluding hydrogens is 248 g/mol. The van der Waals surface area contributed by atoms with Crippen molar-refractivity contribution in [2.45, 2.75) is 44.6 Å². The fourth-order valence-electron chi connectivity index (χ4n) is 2.35. The van der Waals surface area contributed by atoms with Gasteiger partial charge in [-0.15, -0.1) is 0 Å². The Labute approximate surface area is 112 Å². The summed E-state index contributed by atoms with van der Waals surface area (Å²) in [7, 11) is 0. The summed E-state index contributed by atoms with van der Waals surface area (Å²) in [6.45, 7) is 1.39. The second-order valence-electron chi connectivity index (χ2n) is 5.34. The van der Waals surface area contributed by atoms with Crippen molar-refractivity contribution in [3.05, 3.63) is 0 Å². The van der Waals surface area contributed by atoms with Crippen LogP contribution >= 0.6 is 0 Å². The van der Waals surface area contributed by atoms with Crippen LogP contribution in [-0.4, -0.2) is 46.9 Å². The minimum absolute atomic E-state index is 0.0244. The van der Waals surface area contributed by atoms with Gasteiger partial charge in [-0.05, 0) is 25.7 Å². The van der Waals surface area contributed by atoms with Crippen LogP contribution in [0.5, 0.6) is 0 Å². The zero-order valence-electron chi connectivity index (χ0n) is 10.9. The van der Waals surface area contributed by atoms with E-state index in [9.17, 15) is 14.4 Å². The highest BCUT2D eigenvalue weighted by Crippen LogP contribution is 2.31. The molecule has 1 aliphatic heterocycles. The lowest BCUT2D eigenvalue weighted by Crippen LogP contribution is -2.47. The van der Waals surface area contributed by atoms with Crippen LogP contribution < -0.4 is 5.32 Å². The van der Waals surface area contributed by atoms with E-state index in [1.807, 2.05) is 4.90 Å². The van der Waals surface area contributed by atoms with E-state index in [1.165, 1.54) is 0 Å². The molecule has 0 bridgehead atoms. The molecule has 19 heavy (non-hydrogen) atoms. The van der Waals surface area contributed by atoms with Gasteiger partial charge in [0.25, 0.3) is 0 Å². The first kappa shape index (κ1) is 13.8. The van der Waals surface area contributed by atoms with Crippen LogP contribution in [0.3, 0.4) is 0 Å². The van der Waals surface area contributed by atoms with Gasteiger partial charge in [-0.3, -0.25) is 14.4 Å². The normalized spacial score (nSPS) is 20.1. The highest BCUT2D eigenvalue weighted by Gasteiger charge is 2.34. The fourth-order valence-corrected chi connectivity index (χ4v) is 2.35. The molecule has 2 aliphatic rings. The fraction of sp³-hybridized carbons (Fsp3) is 0.769. The Balaban J connectivity index is 1.66. The van der Waals surface area contributed by atoms with Gasteiger partial charge < -0.3 is 15.3 Å². The van der Waals surface area contributed by atoms with E-state index in [0.29, 0.717) is 13.1 Å². The summed E-state index contributed by atoms with van der Waals surface area (Å²) in [5.74, 6) is -0.660. The lowest BCUT2D eigenvalue weighted by molar-refractivity contribution is -0.139. The third kappa shape index (κ3) is 4.22. The molecule has 1 heterocycles. The van der Waals surface area contributed by atoms with Gasteiger partial charge in [0, 0.05) is 31.5 Å². The van der Waals surface area contributed by atoms with Gasteiger partial charge in [-0.2, -0.15) is 0 Å². The predicted octanol–water partition coefficient (Wildman–Crippen LogP) is 0.368. The lowest BCUT2D eigenvalue weighted by Gasteiger charge is -2.32. The molecule has 1 saturated carbocycles. The second-order valence-corrected chi connectivity index (χ2v) is 5.34. The molecule has 0 aromatic carbocycles. The van der Waals surface area contributed by atoms with Gasteiger partial charge in [0.2, 0.25) is 11.8 Å². The number of aliphatic carboxylic acids is 1. The van der Waals surface area contributed by atoms with Crippen molar-refractivity contribution >= 4 is 17.8 Å². The van der Waals surface area contributed by atoms with E-state index in [4.69, 9.17) is 5.11 Å². The van der Waals surface area contributed by atoms with E-state index in [1.54, 1.807) is 0 Å². The molecule has 2 rings (SSSR count). The number of amides is 2. The average molecular weight is 268 g/mol. The minimum atomic E-state index is -0.958. The highest BCUT2D eigenvalue weighted by atomic mass is 16.4. The van der Waals surface area contributed by atoms with Crippen molar-refractivity contribution < 1.29 is 19.5 Å². The average Bonchev–Trinajstić information content (AvgIpc) is 3.21. The molecule has 6 nitrogen and oxygen atoms in total. The van der Waals surface area contributed by atoms with Crippen molar-refractivity contribution in [2.75, 3.05) is 13.1 Å². The number of carboxylic acids is 1. The molecule has 2 amide bonds.